The molecule has 3 unspecified atom stereocenters. The van der Waals surface area contributed by atoms with Crippen molar-refractivity contribution in [2.24, 2.45) is 11.8 Å². The lowest BCUT2D eigenvalue weighted by atomic mass is 9.99. The van der Waals surface area contributed by atoms with Gasteiger partial charge in [0.05, 0.1) is 18.1 Å². The minimum atomic E-state index is -5.08. The van der Waals surface area contributed by atoms with Gasteiger partial charge in [0.25, 0.3) is 0 Å². The molecule has 1 amide bonds. The first-order valence-electron chi connectivity index (χ1n) is 10.1. The number of amides is 1. The predicted molar refractivity (Wildman–Crippen MR) is 105 cm³/mol. The second kappa shape index (κ2) is 10.8. The Kier molecular flexibility index (Phi) is 8.66. The highest BCUT2D eigenvalue weighted by molar-refractivity contribution is 5.79. The molecular formula is C21H29F3N2O4. The number of nitrogens with one attached hydrogen (secondary N) is 1. The standard InChI is InChI=1S/C19H28N2O2.C2HF3O2/c1-14(2)11-20-19(22)17-10-16-12-21(13-18(17)23-16)9-8-15-6-4-3-5-7-15;3-2(4,5)1(6)7/h3-7,14,16-18H,8-13H2,1-2H3,(H,20,22);(H,6,7). The topological polar surface area (TPSA) is 78.9 Å². The van der Waals surface area contributed by atoms with Gasteiger partial charge in [-0.3, -0.25) is 9.69 Å². The lowest BCUT2D eigenvalue weighted by molar-refractivity contribution is -0.192. The van der Waals surface area contributed by atoms with Gasteiger partial charge in [0.15, 0.2) is 0 Å². The molecule has 0 spiro atoms. The van der Waals surface area contributed by atoms with Crippen molar-refractivity contribution in [1.82, 2.24) is 10.2 Å². The van der Waals surface area contributed by atoms with Crippen molar-refractivity contribution in [3.05, 3.63) is 35.9 Å². The fraction of sp³-hybridized carbons (Fsp3) is 0.619. The van der Waals surface area contributed by atoms with Gasteiger partial charge in [-0.1, -0.05) is 44.2 Å². The third-order valence-electron chi connectivity index (χ3n) is 5.06. The molecule has 168 valence electrons. The molecule has 2 N–H and O–H groups in total. The number of ether oxygens (including phenoxy) is 1. The number of carboxylic acids is 1. The summed E-state index contributed by atoms with van der Waals surface area (Å²) in [5, 5.41) is 10.2. The number of nitrogens with zero attached hydrogens (tertiary/aromatic N) is 1. The first kappa shape index (κ1) is 24.1. The van der Waals surface area contributed by atoms with Gasteiger partial charge >= 0.3 is 12.1 Å². The lowest BCUT2D eigenvalue weighted by Gasteiger charge is -2.32. The Hall–Kier alpha value is -2.13. The van der Waals surface area contributed by atoms with Crippen LogP contribution >= 0.6 is 0 Å². The molecule has 2 bridgehead atoms. The SMILES string of the molecule is CC(C)CNC(=O)C1CC2CN(CCc3ccccc3)CC1O2.O=C(O)C(F)(F)F. The Balaban J connectivity index is 0.000000396. The summed E-state index contributed by atoms with van der Waals surface area (Å²) >= 11 is 0. The number of carbonyl (C=O) groups is 2. The Morgan fingerprint density at radius 3 is 2.43 bits per heavy atom. The van der Waals surface area contributed by atoms with Gasteiger partial charge in [0, 0.05) is 26.2 Å². The summed E-state index contributed by atoms with van der Waals surface area (Å²) in [6, 6.07) is 10.6. The molecule has 3 rings (SSSR count). The monoisotopic (exact) mass is 430 g/mol. The third-order valence-corrected chi connectivity index (χ3v) is 5.06. The van der Waals surface area contributed by atoms with Crippen LogP contribution in [-0.4, -0.2) is 66.4 Å². The van der Waals surface area contributed by atoms with E-state index in [-0.39, 0.29) is 24.0 Å². The van der Waals surface area contributed by atoms with Crippen LogP contribution in [0.2, 0.25) is 0 Å². The average Bonchev–Trinajstić information content (AvgIpc) is 2.99. The lowest BCUT2D eigenvalue weighted by Crippen LogP contribution is -2.46. The molecule has 30 heavy (non-hydrogen) atoms. The number of morpholine rings is 1. The molecule has 2 heterocycles. The molecule has 0 radical (unpaired) electrons. The second-order valence-corrected chi connectivity index (χ2v) is 8.08. The fourth-order valence-corrected chi connectivity index (χ4v) is 3.56. The number of hydrogen-bond donors (Lipinski definition) is 2. The van der Waals surface area contributed by atoms with Crippen LogP contribution in [0.15, 0.2) is 30.3 Å². The molecule has 2 aliphatic heterocycles. The van der Waals surface area contributed by atoms with Crippen LogP contribution in [-0.2, 0) is 20.7 Å². The number of likely N-dealkylation sites (tertiary alicyclic amines) is 1. The van der Waals surface area contributed by atoms with Crippen molar-refractivity contribution < 1.29 is 32.6 Å². The maximum absolute atomic E-state index is 12.4. The Morgan fingerprint density at radius 1 is 1.23 bits per heavy atom. The molecular weight excluding hydrogens is 401 g/mol. The van der Waals surface area contributed by atoms with Crippen molar-refractivity contribution in [3.8, 4) is 0 Å². The number of hydrogen-bond acceptors (Lipinski definition) is 4. The van der Waals surface area contributed by atoms with E-state index in [4.69, 9.17) is 14.6 Å². The first-order valence-corrected chi connectivity index (χ1v) is 10.1. The van der Waals surface area contributed by atoms with E-state index in [0.29, 0.717) is 5.92 Å². The maximum Gasteiger partial charge on any atom is 0.490 e. The molecule has 1 aromatic rings. The summed E-state index contributed by atoms with van der Waals surface area (Å²) in [4.78, 5) is 23.7. The van der Waals surface area contributed by atoms with Crippen molar-refractivity contribution in [1.29, 1.82) is 0 Å². The molecule has 6 nitrogen and oxygen atoms in total. The molecule has 0 saturated carbocycles. The van der Waals surface area contributed by atoms with Crippen molar-refractivity contribution >= 4 is 11.9 Å². The summed E-state index contributed by atoms with van der Waals surface area (Å²) in [5.41, 5.74) is 1.37. The number of carboxylic acid groups (broad SMARTS) is 1. The predicted octanol–water partition coefficient (Wildman–Crippen LogP) is 2.72. The summed E-state index contributed by atoms with van der Waals surface area (Å²) in [6.45, 7) is 7.87. The van der Waals surface area contributed by atoms with Gasteiger partial charge in [-0.05, 0) is 24.3 Å². The molecule has 2 fully saturated rings. The fourth-order valence-electron chi connectivity index (χ4n) is 3.56. The summed E-state index contributed by atoms with van der Waals surface area (Å²) in [7, 11) is 0. The van der Waals surface area contributed by atoms with Gasteiger partial charge < -0.3 is 15.2 Å². The van der Waals surface area contributed by atoms with E-state index < -0.39 is 12.1 Å². The van der Waals surface area contributed by atoms with Crippen LogP contribution in [0.5, 0.6) is 0 Å². The highest BCUT2D eigenvalue weighted by Gasteiger charge is 2.44. The van der Waals surface area contributed by atoms with Gasteiger partial charge in [-0.25, -0.2) is 4.79 Å². The Labute approximate surface area is 174 Å². The van der Waals surface area contributed by atoms with Crippen LogP contribution < -0.4 is 5.32 Å². The average molecular weight is 430 g/mol. The molecule has 3 atom stereocenters. The largest absolute Gasteiger partial charge is 0.490 e. The van der Waals surface area contributed by atoms with E-state index in [0.717, 1.165) is 39.0 Å². The molecule has 2 aliphatic rings. The first-order chi connectivity index (χ1) is 14.1. The number of rotatable bonds is 6. The van der Waals surface area contributed by atoms with Crippen LogP contribution in [0.1, 0.15) is 25.8 Å². The van der Waals surface area contributed by atoms with Gasteiger partial charge in [-0.2, -0.15) is 13.2 Å². The van der Waals surface area contributed by atoms with Crippen molar-refractivity contribution in [3.63, 3.8) is 0 Å². The van der Waals surface area contributed by atoms with E-state index in [1.807, 2.05) is 0 Å². The third kappa shape index (κ3) is 7.60. The van der Waals surface area contributed by atoms with Crippen molar-refractivity contribution in [2.45, 2.75) is 45.1 Å². The number of fused-ring (bicyclic) bond motifs is 2. The molecule has 0 aliphatic carbocycles. The van der Waals surface area contributed by atoms with E-state index >= 15 is 0 Å². The number of carbonyl (C=O) groups excluding carboxylic acids is 1. The highest BCUT2D eigenvalue weighted by Crippen LogP contribution is 2.32. The van der Waals surface area contributed by atoms with Gasteiger partial charge in [0.1, 0.15) is 0 Å². The minimum Gasteiger partial charge on any atom is -0.475 e. The molecule has 9 heteroatoms. The van der Waals surface area contributed by atoms with Crippen LogP contribution in [0.4, 0.5) is 13.2 Å². The zero-order valence-electron chi connectivity index (χ0n) is 17.2. The number of aliphatic carboxylic acids is 1. The molecule has 2 saturated heterocycles. The van der Waals surface area contributed by atoms with E-state index in [1.165, 1.54) is 5.56 Å². The molecule has 0 aromatic heterocycles. The smallest absolute Gasteiger partial charge is 0.475 e. The van der Waals surface area contributed by atoms with Gasteiger partial charge in [-0.15, -0.1) is 0 Å². The Morgan fingerprint density at radius 2 is 1.87 bits per heavy atom. The number of alkyl halides is 3. The summed E-state index contributed by atoms with van der Waals surface area (Å²) in [5.74, 6) is -2.06. The number of benzene rings is 1. The van der Waals surface area contributed by atoms with Gasteiger partial charge in [0.2, 0.25) is 5.91 Å². The quantitative estimate of drug-likeness (QED) is 0.726. The molecule has 1 aromatic carbocycles. The highest BCUT2D eigenvalue weighted by atomic mass is 19.4. The summed E-state index contributed by atoms with van der Waals surface area (Å²) < 4.78 is 37.8. The van der Waals surface area contributed by atoms with E-state index in [2.05, 4.69) is 54.4 Å². The van der Waals surface area contributed by atoms with Crippen molar-refractivity contribution in [2.75, 3.05) is 26.2 Å². The number of halogens is 3. The van der Waals surface area contributed by atoms with Crippen LogP contribution in [0, 0.1) is 11.8 Å². The normalized spacial score (nSPS) is 23.6. The maximum atomic E-state index is 12.4. The van der Waals surface area contributed by atoms with Crippen LogP contribution in [0.3, 0.4) is 0 Å². The van der Waals surface area contributed by atoms with Crippen LogP contribution in [0.25, 0.3) is 0 Å². The van der Waals surface area contributed by atoms with E-state index in [9.17, 15) is 18.0 Å². The Bertz CT molecular complexity index is 697. The summed E-state index contributed by atoms with van der Waals surface area (Å²) in [6.07, 6.45) is -2.86. The zero-order valence-corrected chi connectivity index (χ0v) is 17.2. The minimum absolute atomic E-state index is 0.0282. The second-order valence-electron chi connectivity index (χ2n) is 8.08. The zero-order chi connectivity index (χ0) is 22.3. The van der Waals surface area contributed by atoms with E-state index in [1.54, 1.807) is 0 Å².